The van der Waals surface area contributed by atoms with Gasteiger partial charge < -0.3 is 4.90 Å². The van der Waals surface area contributed by atoms with Crippen molar-refractivity contribution in [3.8, 4) is 0 Å². The summed E-state index contributed by atoms with van der Waals surface area (Å²) in [6, 6.07) is 16.6. The van der Waals surface area contributed by atoms with Gasteiger partial charge in [-0.2, -0.15) is 0 Å². The Balaban J connectivity index is 1.42. The van der Waals surface area contributed by atoms with Gasteiger partial charge >= 0.3 is 0 Å². The van der Waals surface area contributed by atoms with E-state index in [-0.39, 0.29) is 0 Å². The highest BCUT2D eigenvalue weighted by atomic mass is 35.5. The quantitative estimate of drug-likeness (QED) is 0.787. The second-order valence-corrected chi connectivity index (χ2v) is 6.12. The third-order valence-electron chi connectivity index (χ3n) is 4.18. The molecule has 0 unspecified atom stereocenters. The predicted octanol–water partition coefficient (Wildman–Crippen LogP) is 3.49. The zero-order valence-electron chi connectivity index (χ0n) is 12.8. The van der Waals surface area contributed by atoms with Crippen molar-refractivity contribution in [3.05, 3.63) is 59.2 Å². The Labute approximate surface area is 137 Å². The summed E-state index contributed by atoms with van der Waals surface area (Å²) in [5.41, 5.74) is 1.43. The largest absolute Gasteiger partial charge is 0.354 e. The molecule has 0 radical (unpaired) electrons. The summed E-state index contributed by atoms with van der Waals surface area (Å²) in [6.45, 7) is 5.43. The van der Waals surface area contributed by atoms with Crippen LogP contribution < -0.4 is 4.90 Å². The SMILES string of the molecule is Clc1cccc(N2CCN(CCCc3ccccc3)CC2)n1. The number of piperazine rings is 1. The number of nitrogens with zero attached hydrogens (tertiary/aromatic N) is 3. The van der Waals surface area contributed by atoms with Crippen molar-refractivity contribution >= 4 is 17.4 Å². The van der Waals surface area contributed by atoms with Crippen LogP contribution in [-0.2, 0) is 6.42 Å². The van der Waals surface area contributed by atoms with E-state index < -0.39 is 0 Å². The lowest BCUT2D eigenvalue weighted by atomic mass is 10.1. The molecular formula is C18H22ClN3. The fourth-order valence-corrected chi connectivity index (χ4v) is 3.09. The Morgan fingerprint density at radius 1 is 0.909 bits per heavy atom. The molecule has 3 rings (SSSR count). The highest BCUT2D eigenvalue weighted by molar-refractivity contribution is 6.29. The van der Waals surface area contributed by atoms with Gasteiger partial charge in [-0.3, -0.25) is 4.90 Å². The summed E-state index contributed by atoms with van der Waals surface area (Å²) in [4.78, 5) is 9.26. The van der Waals surface area contributed by atoms with Crippen molar-refractivity contribution in [2.75, 3.05) is 37.6 Å². The first kappa shape index (κ1) is 15.3. The molecule has 1 fully saturated rings. The smallest absolute Gasteiger partial charge is 0.131 e. The lowest BCUT2D eigenvalue weighted by molar-refractivity contribution is 0.254. The van der Waals surface area contributed by atoms with Gasteiger partial charge in [-0.15, -0.1) is 0 Å². The second-order valence-electron chi connectivity index (χ2n) is 5.74. The molecule has 0 N–H and O–H groups in total. The van der Waals surface area contributed by atoms with Gasteiger partial charge in [-0.1, -0.05) is 48.0 Å². The number of hydrogen-bond donors (Lipinski definition) is 0. The monoisotopic (exact) mass is 315 g/mol. The van der Waals surface area contributed by atoms with Gasteiger partial charge in [0.1, 0.15) is 11.0 Å². The first-order chi connectivity index (χ1) is 10.8. The van der Waals surface area contributed by atoms with Crippen LogP contribution in [0.2, 0.25) is 5.15 Å². The van der Waals surface area contributed by atoms with E-state index in [4.69, 9.17) is 11.6 Å². The third kappa shape index (κ3) is 4.21. The van der Waals surface area contributed by atoms with Crippen LogP contribution in [0.25, 0.3) is 0 Å². The lowest BCUT2D eigenvalue weighted by Crippen LogP contribution is -2.47. The molecule has 4 heteroatoms. The minimum absolute atomic E-state index is 0.572. The van der Waals surface area contributed by atoms with Gasteiger partial charge in [0, 0.05) is 26.2 Å². The van der Waals surface area contributed by atoms with Crippen LogP contribution in [0.5, 0.6) is 0 Å². The summed E-state index contributed by atoms with van der Waals surface area (Å²) >= 11 is 5.97. The number of pyridine rings is 1. The summed E-state index contributed by atoms with van der Waals surface area (Å²) in [5.74, 6) is 0.997. The second kappa shape index (κ2) is 7.61. The molecular weight excluding hydrogens is 294 g/mol. The minimum atomic E-state index is 0.572. The molecule has 1 aromatic heterocycles. The molecule has 0 spiro atoms. The molecule has 0 atom stereocenters. The van der Waals surface area contributed by atoms with Crippen molar-refractivity contribution in [1.82, 2.24) is 9.88 Å². The zero-order chi connectivity index (χ0) is 15.2. The Kier molecular flexibility index (Phi) is 5.30. The topological polar surface area (TPSA) is 19.4 Å². The molecule has 1 aromatic carbocycles. The van der Waals surface area contributed by atoms with Crippen molar-refractivity contribution in [3.63, 3.8) is 0 Å². The minimum Gasteiger partial charge on any atom is -0.354 e. The van der Waals surface area contributed by atoms with Crippen LogP contribution in [0, 0.1) is 0 Å². The maximum absolute atomic E-state index is 5.97. The number of halogens is 1. The van der Waals surface area contributed by atoms with Crippen molar-refractivity contribution in [2.45, 2.75) is 12.8 Å². The average molecular weight is 316 g/mol. The molecule has 2 aromatic rings. The van der Waals surface area contributed by atoms with Crippen molar-refractivity contribution in [2.24, 2.45) is 0 Å². The van der Waals surface area contributed by atoms with Gasteiger partial charge in [-0.25, -0.2) is 4.98 Å². The molecule has 2 heterocycles. The van der Waals surface area contributed by atoms with Crippen molar-refractivity contribution in [1.29, 1.82) is 0 Å². The van der Waals surface area contributed by atoms with Gasteiger partial charge in [0.2, 0.25) is 0 Å². The number of rotatable bonds is 5. The summed E-state index contributed by atoms with van der Waals surface area (Å²) in [7, 11) is 0. The Morgan fingerprint density at radius 3 is 2.41 bits per heavy atom. The van der Waals surface area contributed by atoms with E-state index in [2.05, 4.69) is 45.1 Å². The number of benzene rings is 1. The molecule has 1 saturated heterocycles. The molecule has 0 amide bonds. The summed E-state index contributed by atoms with van der Waals surface area (Å²) in [6.07, 6.45) is 2.39. The van der Waals surface area contributed by atoms with Crippen LogP contribution in [0.4, 0.5) is 5.82 Å². The van der Waals surface area contributed by atoms with E-state index >= 15 is 0 Å². The van der Waals surface area contributed by atoms with Crippen LogP contribution >= 0.6 is 11.6 Å². The van der Waals surface area contributed by atoms with E-state index in [1.165, 1.54) is 18.5 Å². The normalized spacial score (nSPS) is 16.0. The van der Waals surface area contributed by atoms with Gasteiger partial charge in [-0.05, 0) is 37.1 Å². The highest BCUT2D eigenvalue weighted by Gasteiger charge is 2.17. The van der Waals surface area contributed by atoms with Gasteiger partial charge in [0.15, 0.2) is 0 Å². The van der Waals surface area contributed by atoms with Crippen LogP contribution in [0.1, 0.15) is 12.0 Å². The number of aryl methyl sites for hydroxylation is 1. The molecule has 1 aliphatic heterocycles. The van der Waals surface area contributed by atoms with Gasteiger partial charge in [0.25, 0.3) is 0 Å². The van der Waals surface area contributed by atoms with E-state index in [1.54, 1.807) is 0 Å². The van der Waals surface area contributed by atoms with Crippen molar-refractivity contribution < 1.29 is 0 Å². The van der Waals surface area contributed by atoms with E-state index in [0.717, 1.165) is 38.4 Å². The molecule has 3 nitrogen and oxygen atoms in total. The number of hydrogen-bond acceptors (Lipinski definition) is 3. The molecule has 116 valence electrons. The number of aromatic nitrogens is 1. The van der Waals surface area contributed by atoms with E-state index in [0.29, 0.717) is 5.15 Å². The maximum atomic E-state index is 5.97. The number of anilines is 1. The predicted molar refractivity (Wildman–Crippen MR) is 92.7 cm³/mol. The Hall–Kier alpha value is -1.58. The Bertz CT molecular complexity index is 580. The lowest BCUT2D eigenvalue weighted by Gasteiger charge is -2.35. The summed E-state index contributed by atoms with van der Waals surface area (Å²) in [5, 5.41) is 0.572. The molecule has 0 aliphatic carbocycles. The fourth-order valence-electron chi connectivity index (χ4n) is 2.93. The maximum Gasteiger partial charge on any atom is 0.131 e. The first-order valence-electron chi connectivity index (χ1n) is 7.95. The molecule has 1 aliphatic rings. The first-order valence-corrected chi connectivity index (χ1v) is 8.33. The standard InChI is InChI=1S/C18H22ClN3/c19-17-9-4-10-18(20-17)22-14-12-21(13-15-22)11-5-8-16-6-2-1-3-7-16/h1-4,6-7,9-10H,5,8,11-15H2. The van der Waals surface area contributed by atoms with E-state index in [1.807, 2.05) is 18.2 Å². The fraction of sp³-hybridized carbons (Fsp3) is 0.389. The van der Waals surface area contributed by atoms with Crippen LogP contribution in [-0.4, -0.2) is 42.6 Å². The Morgan fingerprint density at radius 2 is 1.68 bits per heavy atom. The molecule has 22 heavy (non-hydrogen) atoms. The molecule has 0 saturated carbocycles. The summed E-state index contributed by atoms with van der Waals surface area (Å²) < 4.78 is 0. The van der Waals surface area contributed by atoms with E-state index in [9.17, 15) is 0 Å². The molecule has 0 bridgehead atoms. The zero-order valence-corrected chi connectivity index (χ0v) is 13.5. The van der Waals surface area contributed by atoms with Gasteiger partial charge in [0.05, 0.1) is 0 Å². The van der Waals surface area contributed by atoms with Crippen LogP contribution in [0.3, 0.4) is 0 Å². The average Bonchev–Trinajstić information content (AvgIpc) is 2.56. The van der Waals surface area contributed by atoms with Crippen LogP contribution in [0.15, 0.2) is 48.5 Å². The highest BCUT2D eigenvalue weighted by Crippen LogP contribution is 2.16. The third-order valence-corrected chi connectivity index (χ3v) is 4.39.